The van der Waals surface area contributed by atoms with Crippen LogP contribution in [0.15, 0.2) is 24.4 Å². The van der Waals surface area contributed by atoms with Gasteiger partial charge in [0.15, 0.2) is 5.78 Å². The number of ketones is 1. The summed E-state index contributed by atoms with van der Waals surface area (Å²) in [6.45, 7) is 1.37. The van der Waals surface area contributed by atoms with Crippen molar-refractivity contribution >= 4 is 11.8 Å². The minimum atomic E-state index is -0.458. The van der Waals surface area contributed by atoms with Gasteiger partial charge in [-0.25, -0.2) is 0 Å². The van der Waals surface area contributed by atoms with Crippen molar-refractivity contribution in [3.05, 3.63) is 46.8 Å². The third-order valence-corrected chi connectivity index (χ3v) is 5.13. The van der Waals surface area contributed by atoms with Crippen molar-refractivity contribution in [2.75, 3.05) is 0 Å². The van der Waals surface area contributed by atoms with E-state index < -0.39 is 12.0 Å². The van der Waals surface area contributed by atoms with Crippen molar-refractivity contribution in [1.29, 1.82) is 5.26 Å². The fourth-order valence-corrected chi connectivity index (χ4v) is 3.86. The van der Waals surface area contributed by atoms with Crippen LogP contribution in [0.5, 0.6) is 0 Å². The lowest BCUT2D eigenvalue weighted by atomic mass is 9.93. The van der Waals surface area contributed by atoms with Gasteiger partial charge in [-0.05, 0) is 43.7 Å². The molecule has 28 heavy (non-hydrogen) atoms. The number of ether oxygens (including phenoxy) is 1. The smallest absolute Gasteiger partial charge is 0.302 e. The molecule has 0 amide bonds. The lowest BCUT2D eigenvalue weighted by Crippen LogP contribution is -2.30. The van der Waals surface area contributed by atoms with Gasteiger partial charge in [0, 0.05) is 25.7 Å². The number of Topliss-reactive ketones (excluding diaryl/α,β-unsaturated/α-hetero) is 1. The molecule has 1 heterocycles. The first-order chi connectivity index (χ1) is 13.5. The summed E-state index contributed by atoms with van der Waals surface area (Å²) in [5.41, 5.74) is 2.73. The van der Waals surface area contributed by atoms with Crippen molar-refractivity contribution in [3.63, 3.8) is 0 Å². The number of nitriles is 1. The fraction of sp³-hybridized carbons (Fsp3) is 0.476. The molecule has 2 aromatic rings. The number of hydrogen-bond donors (Lipinski definition) is 0. The first kappa shape index (κ1) is 19.7. The Balaban J connectivity index is 1.59. The average molecular weight is 380 g/mol. The number of rotatable bonds is 8. The first-order valence-corrected chi connectivity index (χ1v) is 9.58. The molecule has 7 heteroatoms. The maximum absolute atomic E-state index is 12.9. The summed E-state index contributed by atoms with van der Waals surface area (Å²) in [6, 6.07) is 7.42. The van der Waals surface area contributed by atoms with Crippen molar-refractivity contribution in [2.24, 2.45) is 13.0 Å². The summed E-state index contributed by atoms with van der Waals surface area (Å²) in [4.78, 5) is 24.5. The van der Waals surface area contributed by atoms with Crippen LogP contribution < -0.4 is 0 Å². The topological polar surface area (TPSA) is 97.9 Å². The molecule has 7 nitrogen and oxygen atoms in total. The molecule has 0 bridgehead atoms. The fourth-order valence-electron chi connectivity index (χ4n) is 3.86. The Morgan fingerprint density at radius 2 is 2.21 bits per heavy atom. The summed E-state index contributed by atoms with van der Waals surface area (Å²) in [5.74, 6) is -0.875. The van der Waals surface area contributed by atoms with Gasteiger partial charge in [-0.3, -0.25) is 14.3 Å². The second-order valence-corrected chi connectivity index (χ2v) is 7.26. The zero-order chi connectivity index (χ0) is 20.1. The molecule has 2 atom stereocenters. The Bertz CT molecular complexity index is 913. The zero-order valence-electron chi connectivity index (χ0n) is 16.2. The molecule has 1 aliphatic rings. The van der Waals surface area contributed by atoms with Crippen molar-refractivity contribution in [3.8, 4) is 6.07 Å². The molecule has 2 unspecified atom stereocenters. The molecule has 0 spiro atoms. The maximum atomic E-state index is 12.9. The largest absolute Gasteiger partial charge is 0.462 e. The number of aromatic nitrogens is 3. The van der Waals surface area contributed by atoms with E-state index in [0.717, 1.165) is 36.9 Å². The number of nitrogens with zero attached hydrogens (tertiary/aromatic N) is 4. The second-order valence-electron chi connectivity index (χ2n) is 7.26. The van der Waals surface area contributed by atoms with Gasteiger partial charge < -0.3 is 4.74 Å². The molecule has 0 fully saturated rings. The van der Waals surface area contributed by atoms with Gasteiger partial charge in [0.25, 0.3) is 0 Å². The van der Waals surface area contributed by atoms with Crippen LogP contribution in [-0.4, -0.2) is 32.9 Å². The minimum Gasteiger partial charge on any atom is -0.462 e. The van der Waals surface area contributed by atoms with Crippen molar-refractivity contribution < 1.29 is 14.3 Å². The normalized spacial score (nSPS) is 16.5. The summed E-state index contributed by atoms with van der Waals surface area (Å²) in [7, 11) is 1.84. The molecular formula is C21H24N4O3. The van der Waals surface area contributed by atoms with E-state index in [4.69, 9.17) is 4.74 Å². The van der Waals surface area contributed by atoms with Crippen LogP contribution in [0, 0.1) is 17.2 Å². The van der Waals surface area contributed by atoms with Crippen LogP contribution in [0.25, 0.3) is 0 Å². The quantitative estimate of drug-likeness (QED) is 0.516. The Morgan fingerprint density at radius 3 is 2.89 bits per heavy atom. The summed E-state index contributed by atoms with van der Waals surface area (Å²) < 4.78 is 7.19. The minimum absolute atomic E-state index is 0.0852. The lowest BCUT2D eigenvalue weighted by molar-refractivity contribution is -0.148. The molecule has 0 saturated heterocycles. The number of aryl methyl sites for hydroxylation is 2. The molecule has 1 aromatic heterocycles. The number of carbonyl (C=O) groups excluding carboxylic acids is 2. The van der Waals surface area contributed by atoms with E-state index in [1.54, 1.807) is 16.8 Å². The van der Waals surface area contributed by atoms with Gasteiger partial charge in [-0.1, -0.05) is 23.8 Å². The third kappa shape index (κ3) is 4.45. The van der Waals surface area contributed by atoms with Crippen LogP contribution in [0.3, 0.4) is 0 Å². The molecule has 3 rings (SSSR count). The van der Waals surface area contributed by atoms with E-state index in [1.165, 1.54) is 6.92 Å². The summed E-state index contributed by atoms with van der Waals surface area (Å²) in [5, 5.41) is 17.3. The molecule has 0 radical (unpaired) electrons. The van der Waals surface area contributed by atoms with E-state index in [1.807, 2.05) is 19.3 Å². The highest BCUT2D eigenvalue weighted by Gasteiger charge is 2.39. The second kappa shape index (κ2) is 8.79. The average Bonchev–Trinajstić information content (AvgIpc) is 3.23. The Kier molecular flexibility index (Phi) is 6.19. The zero-order valence-corrected chi connectivity index (χ0v) is 16.2. The molecule has 146 valence electrons. The summed E-state index contributed by atoms with van der Waals surface area (Å²) in [6.07, 6.45) is 6.21. The number of fused-ring (bicyclic) bond motifs is 1. The standard InChI is InChI=1S/C21H24N4O3/c1-14(26)28-19(10-5-3-4-9-17-13-25(2)24-23-17)18-11-15-7-6-8-16(12-22)20(15)21(18)27/h6-8,13,18-19H,3-5,9-11H2,1-2H3. The lowest BCUT2D eigenvalue weighted by Gasteiger charge is -2.22. The molecule has 1 aromatic carbocycles. The van der Waals surface area contributed by atoms with Crippen molar-refractivity contribution in [1.82, 2.24) is 15.0 Å². The number of carbonyl (C=O) groups is 2. The molecule has 0 N–H and O–H groups in total. The molecule has 0 aliphatic heterocycles. The Labute approximate surface area is 164 Å². The van der Waals surface area contributed by atoms with Gasteiger partial charge in [0.1, 0.15) is 6.10 Å². The van der Waals surface area contributed by atoms with E-state index in [2.05, 4.69) is 16.4 Å². The van der Waals surface area contributed by atoms with E-state index in [-0.39, 0.29) is 11.8 Å². The highest BCUT2D eigenvalue weighted by molar-refractivity contribution is 6.04. The van der Waals surface area contributed by atoms with E-state index >= 15 is 0 Å². The van der Waals surface area contributed by atoms with E-state index in [9.17, 15) is 14.9 Å². The Morgan fingerprint density at radius 1 is 1.39 bits per heavy atom. The number of benzene rings is 1. The number of hydrogen-bond acceptors (Lipinski definition) is 6. The van der Waals surface area contributed by atoms with Gasteiger partial charge in [-0.15, -0.1) is 5.10 Å². The van der Waals surface area contributed by atoms with Crippen LogP contribution in [0.4, 0.5) is 0 Å². The monoisotopic (exact) mass is 380 g/mol. The molecular weight excluding hydrogens is 356 g/mol. The Hall–Kier alpha value is -3.01. The summed E-state index contributed by atoms with van der Waals surface area (Å²) >= 11 is 0. The van der Waals surface area contributed by atoms with E-state index in [0.29, 0.717) is 24.0 Å². The SMILES string of the molecule is CC(=O)OC(CCCCCc1cn(C)nn1)C1Cc2cccc(C#N)c2C1=O. The predicted molar refractivity (Wildman–Crippen MR) is 101 cm³/mol. The van der Waals surface area contributed by atoms with Crippen molar-refractivity contribution in [2.45, 2.75) is 51.6 Å². The first-order valence-electron chi connectivity index (χ1n) is 9.58. The number of esters is 1. The van der Waals surface area contributed by atoms with Crippen LogP contribution in [0.1, 0.15) is 59.8 Å². The predicted octanol–water partition coefficient (Wildman–Crippen LogP) is 2.78. The molecule has 1 aliphatic carbocycles. The van der Waals surface area contributed by atoms with Crippen LogP contribution in [-0.2, 0) is 29.4 Å². The molecule has 0 saturated carbocycles. The van der Waals surface area contributed by atoms with Crippen LogP contribution >= 0.6 is 0 Å². The van der Waals surface area contributed by atoms with Gasteiger partial charge in [0.05, 0.1) is 23.2 Å². The highest BCUT2D eigenvalue weighted by atomic mass is 16.5. The highest BCUT2D eigenvalue weighted by Crippen LogP contribution is 2.34. The number of unbranched alkanes of at least 4 members (excludes halogenated alkanes) is 2. The third-order valence-electron chi connectivity index (χ3n) is 5.13. The maximum Gasteiger partial charge on any atom is 0.302 e. The van der Waals surface area contributed by atoms with Gasteiger partial charge >= 0.3 is 5.97 Å². The van der Waals surface area contributed by atoms with Gasteiger partial charge in [0.2, 0.25) is 0 Å². The van der Waals surface area contributed by atoms with Crippen LogP contribution in [0.2, 0.25) is 0 Å². The van der Waals surface area contributed by atoms with Gasteiger partial charge in [-0.2, -0.15) is 5.26 Å².